The van der Waals surface area contributed by atoms with E-state index in [1.807, 2.05) is 6.07 Å². The van der Waals surface area contributed by atoms with Gasteiger partial charge in [-0.05, 0) is 18.1 Å². The Kier molecular flexibility index (Phi) is 3.23. The summed E-state index contributed by atoms with van der Waals surface area (Å²) in [6.07, 6.45) is 1.50. The Balaban J connectivity index is 3.01. The molecule has 68 valence electrons. The smallest absolute Gasteiger partial charge is 0.384 e. The standard InChI is InChI=1S/C10H6N2O2/c1-14-10(13)5-4-9-8(7-11)3-2-6-12-9/h2-3,6H,1H3. The van der Waals surface area contributed by atoms with Gasteiger partial charge in [-0.25, -0.2) is 9.78 Å². The van der Waals surface area contributed by atoms with Crippen molar-refractivity contribution in [3.05, 3.63) is 29.6 Å². The van der Waals surface area contributed by atoms with Crippen molar-refractivity contribution in [1.29, 1.82) is 5.26 Å². The van der Waals surface area contributed by atoms with E-state index in [4.69, 9.17) is 5.26 Å². The van der Waals surface area contributed by atoms with Crippen LogP contribution < -0.4 is 0 Å². The molecule has 1 rings (SSSR count). The van der Waals surface area contributed by atoms with E-state index in [1.165, 1.54) is 13.3 Å². The topological polar surface area (TPSA) is 63.0 Å². The van der Waals surface area contributed by atoms with E-state index in [9.17, 15) is 4.79 Å². The fraction of sp³-hybridized carbons (Fsp3) is 0.100. The number of hydrogen-bond acceptors (Lipinski definition) is 4. The number of nitrogens with zero attached hydrogens (tertiary/aromatic N) is 2. The van der Waals surface area contributed by atoms with Crippen molar-refractivity contribution in [2.45, 2.75) is 0 Å². The lowest BCUT2D eigenvalue weighted by atomic mass is 10.2. The molecule has 1 heterocycles. The number of pyridine rings is 1. The summed E-state index contributed by atoms with van der Waals surface area (Å²) in [7, 11) is 1.24. The van der Waals surface area contributed by atoms with Crippen molar-refractivity contribution in [1.82, 2.24) is 4.98 Å². The average molecular weight is 186 g/mol. The van der Waals surface area contributed by atoms with Gasteiger partial charge in [0.2, 0.25) is 0 Å². The fourth-order valence-corrected chi connectivity index (χ4v) is 0.756. The summed E-state index contributed by atoms with van der Waals surface area (Å²) in [4.78, 5) is 14.5. The number of hydrogen-bond donors (Lipinski definition) is 0. The molecule has 0 radical (unpaired) electrons. The number of rotatable bonds is 0. The van der Waals surface area contributed by atoms with Crippen molar-refractivity contribution < 1.29 is 9.53 Å². The summed E-state index contributed by atoms with van der Waals surface area (Å²) < 4.78 is 4.32. The van der Waals surface area contributed by atoms with Crippen LogP contribution in [0.15, 0.2) is 18.3 Å². The Hall–Kier alpha value is -2.33. The van der Waals surface area contributed by atoms with E-state index in [2.05, 4.69) is 21.6 Å². The van der Waals surface area contributed by atoms with Crippen molar-refractivity contribution in [2.75, 3.05) is 7.11 Å². The van der Waals surface area contributed by atoms with E-state index in [-0.39, 0.29) is 5.69 Å². The number of ether oxygens (including phenoxy) is 1. The van der Waals surface area contributed by atoms with Gasteiger partial charge in [0.1, 0.15) is 11.8 Å². The molecule has 0 saturated carbocycles. The lowest BCUT2D eigenvalue weighted by Crippen LogP contribution is -1.95. The second-order valence-electron chi connectivity index (χ2n) is 2.25. The van der Waals surface area contributed by atoms with Gasteiger partial charge in [0.25, 0.3) is 0 Å². The third kappa shape index (κ3) is 2.33. The van der Waals surface area contributed by atoms with Crippen molar-refractivity contribution >= 4 is 5.97 Å². The van der Waals surface area contributed by atoms with E-state index in [0.29, 0.717) is 5.56 Å². The highest BCUT2D eigenvalue weighted by molar-refractivity contribution is 5.89. The van der Waals surface area contributed by atoms with E-state index in [0.717, 1.165) is 0 Å². The highest BCUT2D eigenvalue weighted by Crippen LogP contribution is 2.00. The average Bonchev–Trinajstić information content (AvgIpc) is 2.26. The zero-order chi connectivity index (χ0) is 10.4. The fourth-order valence-electron chi connectivity index (χ4n) is 0.756. The molecule has 14 heavy (non-hydrogen) atoms. The van der Waals surface area contributed by atoms with Crippen LogP contribution in [0.4, 0.5) is 0 Å². The van der Waals surface area contributed by atoms with Crippen molar-refractivity contribution in [3.63, 3.8) is 0 Å². The second kappa shape index (κ2) is 4.64. The van der Waals surface area contributed by atoms with Gasteiger partial charge in [-0.1, -0.05) is 0 Å². The molecular weight excluding hydrogens is 180 g/mol. The molecule has 1 aromatic heterocycles. The Morgan fingerprint density at radius 2 is 2.43 bits per heavy atom. The van der Waals surface area contributed by atoms with Crippen LogP contribution in [0.2, 0.25) is 0 Å². The van der Waals surface area contributed by atoms with Gasteiger partial charge in [-0.15, -0.1) is 0 Å². The molecular formula is C10H6N2O2. The van der Waals surface area contributed by atoms with Gasteiger partial charge in [-0.2, -0.15) is 5.26 Å². The summed E-state index contributed by atoms with van der Waals surface area (Å²) in [5.74, 6) is 4.00. The largest absolute Gasteiger partial charge is 0.459 e. The first-order valence-corrected chi connectivity index (χ1v) is 3.73. The minimum Gasteiger partial charge on any atom is -0.459 e. The quantitative estimate of drug-likeness (QED) is 0.436. The van der Waals surface area contributed by atoms with Crippen LogP contribution in [0.3, 0.4) is 0 Å². The van der Waals surface area contributed by atoms with Crippen LogP contribution in [0.25, 0.3) is 0 Å². The summed E-state index contributed by atoms with van der Waals surface area (Å²) in [6.45, 7) is 0. The molecule has 0 amide bonds. The van der Waals surface area contributed by atoms with Gasteiger partial charge in [0.15, 0.2) is 0 Å². The number of carbonyl (C=O) groups is 1. The van der Waals surface area contributed by atoms with Crippen molar-refractivity contribution in [3.8, 4) is 17.9 Å². The minimum absolute atomic E-state index is 0.278. The molecule has 0 fully saturated rings. The highest BCUT2D eigenvalue weighted by Gasteiger charge is 1.98. The van der Waals surface area contributed by atoms with E-state index in [1.54, 1.807) is 12.1 Å². The number of methoxy groups -OCH3 is 1. The lowest BCUT2D eigenvalue weighted by Gasteiger charge is -1.91. The summed E-state index contributed by atoms with van der Waals surface area (Å²) in [5, 5.41) is 8.67. The van der Waals surface area contributed by atoms with Crippen LogP contribution in [-0.2, 0) is 9.53 Å². The molecule has 0 aliphatic carbocycles. The zero-order valence-electron chi connectivity index (χ0n) is 7.44. The number of esters is 1. The second-order valence-corrected chi connectivity index (χ2v) is 2.25. The molecule has 0 saturated heterocycles. The third-order valence-corrected chi connectivity index (χ3v) is 1.40. The monoisotopic (exact) mass is 186 g/mol. The Bertz CT molecular complexity index is 449. The number of aromatic nitrogens is 1. The van der Waals surface area contributed by atoms with E-state index < -0.39 is 5.97 Å². The Labute approximate surface area is 81.1 Å². The maximum atomic E-state index is 10.7. The van der Waals surface area contributed by atoms with Gasteiger partial charge in [-0.3, -0.25) is 0 Å². The molecule has 0 aliphatic rings. The molecule has 4 heteroatoms. The third-order valence-electron chi connectivity index (χ3n) is 1.40. The number of nitriles is 1. The Morgan fingerprint density at radius 1 is 1.64 bits per heavy atom. The molecule has 0 unspecified atom stereocenters. The number of carbonyl (C=O) groups excluding carboxylic acids is 1. The molecule has 1 aromatic rings. The molecule has 0 aromatic carbocycles. The van der Waals surface area contributed by atoms with Crippen LogP contribution >= 0.6 is 0 Å². The lowest BCUT2D eigenvalue weighted by molar-refractivity contribution is -0.133. The predicted molar refractivity (Wildman–Crippen MR) is 47.8 cm³/mol. The normalized spacial score (nSPS) is 8.00. The first kappa shape index (κ1) is 9.76. The molecule has 0 atom stereocenters. The Morgan fingerprint density at radius 3 is 3.07 bits per heavy atom. The van der Waals surface area contributed by atoms with Crippen LogP contribution in [0, 0.1) is 23.2 Å². The van der Waals surface area contributed by atoms with Crippen LogP contribution in [0.1, 0.15) is 11.3 Å². The van der Waals surface area contributed by atoms with Gasteiger partial charge >= 0.3 is 5.97 Å². The SMILES string of the molecule is COC(=O)C#Cc1ncccc1C#N. The molecule has 0 N–H and O–H groups in total. The summed E-state index contributed by atoms with van der Waals surface area (Å²) in [6, 6.07) is 5.12. The summed E-state index contributed by atoms with van der Waals surface area (Å²) >= 11 is 0. The molecule has 4 nitrogen and oxygen atoms in total. The molecule has 0 bridgehead atoms. The zero-order valence-corrected chi connectivity index (χ0v) is 7.44. The first-order valence-electron chi connectivity index (χ1n) is 3.73. The first-order chi connectivity index (χ1) is 6.77. The minimum atomic E-state index is -0.653. The van der Waals surface area contributed by atoms with Gasteiger partial charge in [0, 0.05) is 12.1 Å². The summed E-state index contributed by atoms with van der Waals surface area (Å²) in [5.41, 5.74) is 0.615. The maximum absolute atomic E-state index is 10.7. The van der Waals surface area contributed by atoms with Gasteiger partial charge in [0.05, 0.1) is 12.7 Å². The molecule has 0 aliphatic heterocycles. The highest BCUT2D eigenvalue weighted by atomic mass is 16.5. The van der Waals surface area contributed by atoms with Crippen molar-refractivity contribution in [2.24, 2.45) is 0 Å². The van der Waals surface area contributed by atoms with Crippen LogP contribution in [0.5, 0.6) is 0 Å². The van der Waals surface area contributed by atoms with E-state index >= 15 is 0 Å². The maximum Gasteiger partial charge on any atom is 0.384 e. The molecule has 0 spiro atoms. The predicted octanol–water partition coefficient (Wildman–Crippen LogP) is 0.478. The van der Waals surface area contributed by atoms with Crippen LogP contribution in [-0.4, -0.2) is 18.1 Å². The van der Waals surface area contributed by atoms with Gasteiger partial charge < -0.3 is 4.74 Å².